The van der Waals surface area contributed by atoms with Crippen LogP contribution in [0.5, 0.6) is 0 Å². The Morgan fingerprint density at radius 1 is 0.161 bits per heavy atom. The molecule has 0 saturated carbocycles. The van der Waals surface area contributed by atoms with E-state index in [1.807, 2.05) is 12.1 Å². The van der Waals surface area contributed by atoms with Gasteiger partial charge in [-0.25, -0.2) is 0 Å². The molecule has 4 N–H and O–H groups in total. The average molecular weight is 793 g/mol. The molecule has 0 spiro atoms. The maximum atomic E-state index is 7.12. The molecule has 0 amide bonds. The highest BCUT2D eigenvalue weighted by Gasteiger charge is 2.23. The van der Waals surface area contributed by atoms with Crippen molar-refractivity contribution in [2.45, 2.75) is 0 Å². The SMILES string of the molecule is Nc1ccc(-c2ccc(N)c(-c3ccc(-c4ccccc4)cc3)c2-c2ccc(-c3ccccc3)cc2)c(-c2ccc(-c3ccccc3)cc2)c1-c1ccc(-c2ccccc2)cc1. The van der Waals surface area contributed by atoms with E-state index in [1.54, 1.807) is 0 Å². The van der Waals surface area contributed by atoms with E-state index < -0.39 is 0 Å². The number of nitrogens with two attached hydrogens (primary N) is 2. The molecule has 10 aromatic rings. The highest BCUT2D eigenvalue weighted by atomic mass is 14.6. The lowest BCUT2D eigenvalue weighted by Gasteiger charge is -2.23. The van der Waals surface area contributed by atoms with Crippen molar-refractivity contribution in [3.63, 3.8) is 0 Å². The van der Waals surface area contributed by atoms with Crippen molar-refractivity contribution in [3.8, 4) is 100 Å². The predicted molar refractivity (Wildman–Crippen MR) is 264 cm³/mol. The number of nitrogen functional groups attached to an aromatic ring is 2. The third-order valence-corrected chi connectivity index (χ3v) is 11.9. The van der Waals surface area contributed by atoms with E-state index in [4.69, 9.17) is 11.5 Å². The van der Waals surface area contributed by atoms with Crippen LogP contribution < -0.4 is 11.5 Å². The maximum Gasteiger partial charge on any atom is 0.0400 e. The monoisotopic (exact) mass is 792 g/mol. The first-order valence-corrected chi connectivity index (χ1v) is 21.1. The number of hydrogen-bond donors (Lipinski definition) is 2. The third-order valence-electron chi connectivity index (χ3n) is 11.9. The second-order valence-electron chi connectivity index (χ2n) is 15.7. The quantitative estimate of drug-likeness (QED) is 0.143. The first kappa shape index (κ1) is 38.0. The number of benzene rings is 10. The van der Waals surface area contributed by atoms with Gasteiger partial charge in [-0.15, -0.1) is 0 Å². The Hall–Kier alpha value is -8.20. The zero-order valence-corrected chi connectivity index (χ0v) is 34.2. The minimum Gasteiger partial charge on any atom is -0.398 e. The Bertz CT molecular complexity index is 2890. The van der Waals surface area contributed by atoms with Gasteiger partial charge in [-0.2, -0.15) is 0 Å². The van der Waals surface area contributed by atoms with Gasteiger partial charge in [0.15, 0.2) is 0 Å². The van der Waals surface area contributed by atoms with Gasteiger partial charge in [-0.05, 0) is 101 Å². The van der Waals surface area contributed by atoms with Crippen LogP contribution in [0.15, 0.2) is 243 Å². The fourth-order valence-corrected chi connectivity index (χ4v) is 8.75. The van der Waals surface area contributed by atoms with E-state index in [9.17, 15) is 0 Å². The van der Waals surface area contributed by atoms with Crippen LogP contribution in [0.3, 0.4) is 0 Å². The van der Waals surface area contributed by atoms with Crippen LogP contribution in [0.25, 0.3) is 100 Å². The summed E-state index contributed by atoms with van der Waals surface area (Å²) in [5.41, 5.74) is 35.5. The number of rotatable bonds is 9. The fraction of sp³-hybridized carbons (Fsp3) is 0. The van der Waals surface area contributed by atoms with Crippen molar-refractivity contribution in [3.05, 3.63) is 243 Å². The van der Waals surface area contributed by atoms with Crippen LogP contribution in [-0.4, -0.2) is 0 Å². The Labute approximate surface area is 364 Å². The highest BCUT2D eigenvalue weighted by molar-refractivity contribution is 6.07. The van der Waals surface area contributed by atoms with Crippen molar-refractivity contribution in [2.24, 2.45) is 0 Å². The standard InChI is InChI=1S/C60H44N2/c61-55-39-37-53(57(49-29-21-45(22-30-49)41-13-5-1-6-14-41)59(55)51-33-25-47(26-34-51)43-17-9-3-10-18-43)54-38-40-56(62)60(52-35-27-48(28-36-52)44-19-11-4-12-20-44)58(54)50-31-23-46(24-32-50)42-15-7-2-8-16-42/h1-40H,61-62H2. The van der Waals surface area contributed by atoms with Gasteiger partial charge >= 0.3 is 0 Å². The molecule has 0 atom stereocenters. The number of anilines is 2. The van der Waals surface area contributed by atoms with Gasteiger partial charge in [0.1, 0.15) is 0 Å². The lowest BCUT2D eigenvalue weighted by Crippen LogP contribution is -2.00. The largest absolute Gasteiger partial charge is 0.398 e. The Morgan fingerprint density at radius 2 is 0.355 bits per heavy atom. The Morgan fingerprint density at radius 3 is 0.597 bits per heavy atom. The summed E-state index contributed by atoms with van der Waals surface area (Å²) >= 11 is 0. The summed E-state index contributed by atoms with van der Waals surface area (Å²) in [4.78, 5) is 0. The molecule has 2 nitrogen and oxygen atoms in total. The first-order chi connectivity index (χ1) is 30.6. The van der Waals surface area contributed by atoms with Crippen LogP contribution in [0.2, 0.25) is 0 Å². The molecule has 0 aliphatic rings. The van der Waals surface area contributed by atoms with Gasteiger partial charge in [0.2, 0.25) is 0 Å². The summed E-state index contributed by atoms with van der Waals surface area (Å²) in [6.07, 6.45) is 0. The van der Waals surface area contributed by atoms with Crippen molar-refractivity contribution >= 4 is 11.4 Å². The minimum absolute atomic E-state index is 0.712. The molecule has 0 aliphatic heterocycles. The summed E-state index contributed by atoms with van der Waals surface area (Å²) in [7, 11) is 0. The molecule has 294 valence electrons. The molecule has 0 radical (unpaired) electrons. The molecule has 0 unspecified atom stereocenters. The Kier molecular flexibility index (Phi) is 10.3. The smallest absolute Gasteiger partial charge is 0.0400 e. The molecule has 0 saturated heterocycles. The molecule has 0 fully saturated rings. The first-order valence-electron chi connectivity index (χ1n) is 21.1. The molecule has 0 aliphatic carbocycles. The highest BCUT2D eigenvalue weighted by Crippen LogP contribution is 2.50. The summed E-state index contributed by atoms with van der Waals surface area (Å²) in [5.74, 6) is 0. The van der Waals surface area contributed by atoms with E-state index in [1.165, 1.54) is 22.3 Å². The van der Waals surface area contributed by atoms with Crippen LogP contribution >= 0.6 is 0 Å². The summed E-state index contributed by atoms with van der Waals surface area (Å²) in [5, 5.41) is 0. The number of hydrogen-bond acceptors (Lipinski definition) is 2. The van der Waals surface area contributed by atoms with Crippen LogP contribution in [-0.2, 0) is 0 Å². The molecular formula is C60H44N2. The second kappa shape index (κ2) is 16.8. The lowest BCUT2D eigenvalue weighted by molar-refractivity contribution is 1.52. The molecule has 10 rings (SSSR count). The summed E-state index contributed by atoms with van der Waals surface area (Å²) in [6.45, 7) is 0. The Balaban J connectivity index is 1.21. The average Bonchev–Trinajstić information content (AvgIpc) is 3.35. The maximum absolute atomic E-state index is 7.12. The summed E-state index contributed by atoms with van der Waals surface area (Å²) < 4.78 is 0. The molecular weight excluding hydrogens is 749 g/mol. The van der Waals surface area contributed by atoms with E-state index in [0.717, 1.165) is 77.9 Å². The van der Waals surface area contributed by atoms with Crippen LogP contribution in [0.1, 0.15) is 0 Å². The van der Waals surface area contributed by atoms with Gasteiger partial charge in [0.25, 0.3) is 0 Å². The third kappa shape index (κ3) is 7.47. The van der Waals surface area contributed by atoms with Crippen molar-refractivity contribution < 1.29 is 0 Å². The summed E-state index contributed by atoms with van der Waals surface area (Å²) in [6, 6.07) is 85.9. The van der Waals surface area contributed by atoms with Gasteiger partial charge in [-0.1, -0.05) is 231 Å². The van der Waals surface area contributed by atoms with Crippen molar-refractivity contribution in [2.75, 3.05) is 11.5 Å². The molecule has 0 heterocycles. The zero-order chi connectivity index (χ0) is 41.8. The van der Waals surface area contributed by atoms with Crippen LogP contribution in [0, 0.1) is 0 Å². The van der Waals surface area contributed by atoms with E-state index in [-0.39, 0.29) is 0 Å². The van der Waals surface area contributed by atoms with E-state index >= 15 is 0 Å². The van der Waals surface area contributed by atoms with E-state index in [0.29, 0.717) is 11.4 Å². The van der Waals surface area contributed by atoms with Gasteiger partial charge < -0.3 is 11.5 Å². The van der Waals surface area contributed by atoms with Gasteiger partial charge in [-0.3, -0.25) is 0 Å². The molecule has 2 heteroatoms. The molecule has 10 aromatic carbocycles. The van der Waals surface area contributed by atoms with Crippen molar-refractivity contribution in [1.82, 2.24) is 0 Å². The van der Waals surface area contributed by atoms with Crippen LogP contribution in [0.4, 0.5) is 11.4 Å². The second-order valence-corrected chi connectivity index (χ2v) is 15.7. The zero-order valence-electron chi connectivity index (χ0n) is 34.2. The van der Waals surface area contributed by atoms with Crippen molar-refractivity contribution in [1.29, 1.82) is 0 Å². The molecule has 0 aromatic heterocycles. The van der Waals surface area contributed by atoms with Gasteiger partial charge in [0, 0.05) is 22.5 Å². The predicted octanol–water partition coefficient (Wildman–Crippen LogP) is 15.9. The molecule has 0 bridgehead atoms. The van der Waals surface area contributed by atoms with E-state index in [2.05, 4.69) is 231 Å². The van der Waals surface area contributed by atoms with Gasteiger partial charge in [0.05, 0.1) is 0 Å². The minimum atomic E-state index is 0.712. The lowest BCUT2D eigenvalue weighted by atomic mass is 9.81. The molecule has 62 heavy (non-hydrogen) atoms. The normalized spacial score (nSPS) is 11.0. The fourth-order valence-electron chi connectivity index (χ4n) is 8.75. The topological polar surface area (TPSA) is 52.0 Å².